The molecule has 0 saturated carbocycles. The van der Waals surface area contributed by atoms with Crippen molar-refractivity contribution in [3.63, 3.8) is 0 Å². The van der Waals surface area contributed by atoms with E-state index >= 15 is 0 Å². The maximum atomic E-state index is 14.4. The number of benzene rings is 2. The largest absolute Gasteiger partial charge is 0.490 e. The van der Waals surface area contributed by atoms with Gasteiger partial charge in [-0.1, -0.05) is 12.1 Å². The van der Waals surface area contributed by atoms with Crippen molar-refractivity contribution in [2.75, 3.05) is 33.8 Å². The van der Waals surface area contributed by atoms with Crippen LogP contribution in [0.15, 0.2) is 41.8 Å². The number of methoxy groups -OCH3 is 1. The summed E-state index contributed by atoms with van der Waals surface area (Å²) < 4.78 is 72.0. The predicted octanol–water partition coefficient (Wildman–Crippen LogP) is 5.41. The van der Waals surface area contributed by atoms with Crippen LogP contribution in [0.4, 0.5) is 22.0 Å². The summed E-state index contributed by atoms with van der Waals surface area (Å²) in [6, 6.07) is 9.77. The molecule has 0 aliphatic carbocycles. The molecular formula is C28H26F5N3O7S2. The van der Waals surface area contributed by atoms with Gasteiger partial charge in [0.1, 0.15) is 29.6 Å². The summed E-state index contributed by atoms with van der Waals surface area (Å²) in [5.41, 5.74) is 1.44. The van der Waals surface area contributed by atoms with Gasteiger partial charge in [-0.15, -0.1) is 22.7 Å². The topological polar surface area (TPSA) is 138 Å². The Hall–Kier alpha value is -4.19. The number of hydrogen-bond acceptors (Lipinski definition) is 9. The molecule has 0 atom stereocenters. The number of carboxylic acid groups (broad SMARTS) is 2. The van der Waals surface area contributed by atoms with Crippen LogP contribution < -0.4 is 10.1 Å². The number of ether oxygens (including phenoxy) is 2. The highest BCUT2D eigenvalue weighted by Crippen LogP contribution is 2.38. The summed E-state index contributed by atoms with van der Waals surface area (Å²) >= 11 is 2.59. The molecule has 2 heterocycles. The van der Waals surface area contributed by atoms with E-state index in [1.165, 1.54) is 33.6 Å². The highest BCUT2D eigenvalue weighted by molar-refractivity contribution is 7.19. The molecule has 0 bridgehead atoms. The Kier molecular flexibility index (Phi) is 12.3. The lowest BCUT2D eigenvalue weighted by Gasteiger charge is -2.19. The van der Waals surface area contributed by atoms with Crippen molar-refractivity contribution in [1.29, 1.82) is 0 Å². The molecule has 3 N–H and O–H groups in total. The van der Waals surface area contributed by atoms with E-state index in [1.54, 1.807) is 49.9 Å². The van der Waals surface area contributed by atoms with E-state index in [2.05, 4.69) is 10.3 Å². The molecule has 2 aromatic heterocycles. The third-order valence-corrected chi connectivity index (χ3v) is 7.78. The number of amides is 1. The molecule has 10 nitrogen and oxygen atoms in total. The number of aromatic nitrogens is 1. The molecule has 4 rings (SSSR count). The van der Waals surface area contributed by atoms with Gasteiger partial charge in [-0.05, 0) is 36.9 Å². The summed E-state index contributed by atoms with van der Waals surface area (Å²) in [5, 5.41) is 21.5. The van der Waals surface area contributed by atoms with Crippen molar-refractivity contribution < 1.29 is 56.0 Å². The van der Waals surface area contributed by atoms with E-state index in [0.29, 0.717) is 39.7 Å². The number of aliphatic carboxylic acids is 2. The lowest BCUT2D eigenvalue weighted by Crippen LogP contribution is -2.39. The van der Waals surface area contributed by atoms with Crippen molar-refractivity contribution in [2.24, 2.45) is 0 Å². The number of rotatable bonds is 12. The second-order valence-corrected chi connectivity index (χ2v) is 11.2. The molecule has 0 aliphatic rings. The third-order valence-electron chi connectivity index (χ3n) is 5.82. The number of carbonyl (C=O) groups excluding carboxylic acids is 1. The number of carbonyl (C=O) groups is 3. The number of thiophene rings is 1. The highest BCUT2D eigenvalue weighted by Gasteiger charge is 2.38. The molecule has 17 heteroatoms. The van der Waals surface area contributed by atoms with Gasteiger partial charge in [0, 0.05) is 46.1 Å². The number of carboxylic acids is 2. The second kappa shape index (κ2) is 15.7. The van der Waals surface area contributed by atoms with Crippen molar-refractivity contribution in [2.45, 2.75) is 19.4 Å². The fourth-order valence-corrected chi connectivity index (χ4v) is 5.63. The molecular weight excluding hydrogens is 649 g/mol. The standard InChI is InChI=1S/C26H25F2N3O5S2.C2HF3O2/c1-29-7-8-31(11-23(32)33)26(34)21-14-37-22(30-21)13-36-16-5-3-15(4-6-16)18-10-20(27)24(28)19-9-17(12-35-2)38-25(18)19;3-2(4,5)1(6)7/h3-6,9-10,14,29H,7-8,11-13H2,1-2H3,(H,32,33);(H,6,7). The molecule has 242 valence electrons. The van der Waals surface area contributed by atoms with E-state index in [4.69, 9.17) is 24.5 Å². The van der Waals surface area contributed by atoms with E-state index < -0.39 is 42.2 Å². The van der Waals surface area contributed by atoms with Crippen LogP contribution in [0.1, 0.15) is 20.4 Å². The number of thiazole rings is 1. The van der Waals surface area contributed by atoms with Crippen LogP contribution in [0.5, 0.6) is 5.75 Å². The van der Waals surface area contributed by atoms with Crippen LogP contribution in [0.3, 0.4) is 0 Å². The van der Waals surface area contributed by atoms with Gasteiger partial charge in [-0.25, -0.2) is 18.6 Å². The third kappa shape index (κ3) is 9.65. The number of alkyl halides is 3. The maximum absolute atomic E-state index is 14.4. The minimum Gasteiger partial charge on any atom is -0.486 e. The fourth-order valence-electron chi connectivity index (χ4n) is 3.79. The molecule has 0 aliphatic heterocycles. The molecule has 4 aromatic rings. The lowest BCUT2D eigenvalue weighted by molar-refractivity contribution is -0.192. The average Bonchev–Trinajstić information content (AvgIpc) is 3.64. The first-order valence-corrected chi connectivity index (χ1v) is 14.5. The molecule has 0 saturated heterocycles. The minimum atomic E-state index is -5.08. The fraction of sp³-hybridized carbons (Fsp3) is 0.286. The molecule has 1 amide bonds. The van der Waals surface area contributed by atoms with Crippen LogP contribution in [0, 0.1) is 11.6 Å². The molecule has 0 fully saturated rings. The predicted molar refractivity (Wildman–Crippen MR) is 155 cm³/mol. The van der Waals surface area contributed by atoms with Crippen molar-refractivity contribution in [3.8, 4) is 16.9 Å². The van der Waals surface area contributed by atoms with Crippen LogP contribution in [0.2, 0.25) is 0 Å². The Morgan fingerprint density at radius 1 is 1.07 bits per heavy atom. The highest BCUT2D eigenvalue weighted by atomic mass is 32.1. The summed E-state index contributed by atoms with van der Waals surface area (Å²) in [4.78, 5) is 39.0. The van der Waals surface area contributed by atoms with Gasteiger partial charge >= 0.3 is 18.1 Å². The van der Waals surface area contributed by atoms with Crippen LogP contribution in [-0.4, -0.2) is 77.9 Å². The monoisotopic (exact) mass is 675 g/mol. The number of likely N-dealkylation sites (N-methyl/N-ethyl adjacent to an activating group) is 1. The van der Waals surface area contributed by atoms with Gasteiger partial charge in [0.25, 0.3) is 5.91 Å². The Morgan fingerprint density at radius 3 is 2.31 bits per heavy atom. The van der Waals surface area contributed by atoms with Crippen LogP contribution in [0.25, 0.3) is 21.2 Å². The van der Waals surface area contributed by atoms with Crippen LogP contribution >= 0.6 is 22.7 Å². The maximum Gasteiger partial charge on any atom is 0.490 e. The second-order valence-electron chi connectivity index (χ2n) is 9.07. The Bertz CT molecular complexity index is 1640. The summed E-state index contributed by atoms with van der Waals surface area (Å²) in [7, 11) is 3.26. The Morgan fingerprint density at radius 2 is 1.73 bits per heavy atom. The van der Waals surface area contributed by atoms with Gasteiger partial charge in [0.15, 0.2) is 11.6 Å². The van der Waals surface area contributed by atoms with Gasteiger partial charge in [0.05, 0.1) is 6.61 Å². The van der Waals surface area contributed by atoms with Gasteiger partial charge in [-0.2, -0.15) is 13.2 Å². The van der Waals surface area contributed by atoms with Crippen molar-refractivity contribution >= 4 is 50.6 Å². The Labute approximate surface area is 260 Å². The SMILES string of the molecule is CNCCN(CC(=O)O)C(=O)c1csc(COc2ccc(-c3cc(F)c(F)c4cc(COC)sc34)cc2)n1.O=C(O)C(F)(F)F. The van der Waals surface area contributed by atoms with E-state index in [1.807, 2.05) is 0 Å². The average molecular weight is 676 g/mol. The molecule has 2 aromatic carbocycles. The smallest absolute Gasteiger partial charge is 0.486 e. The van der Waals surface area contributed by atoms with E-state index in [0.717, 1.165) is 4.88 Å². The molecule has 0 radical (unpaired) electrons. The first-order valence-electron chi connectivity index (χ1n) is 12.8. The van der Waals surface area contributed by atoms with E-state index in [-0.39, 0.29) is 24.2 Å². The summed E-state index contributed by atoms with van der Waals surface area (Å²) in [6.45, 7) is 0.685. The van der Waals surface area contributed by atoms with E-state index in [9.17, 15) is 31.5 Å². The number of nitrogens with zero attached hydrogens (tertiary/aromatic N) is 2. The number of halogens is 5. The zero-order valence-electron chi connectivity index (χ0n) is 23.6. The molecule has 45 heavy (non-hydrogen) atoms. The number of hydrogen-bond donors (Lipinski definition) is 3. The number of fused-ring (bicyclic) bond motifs is 1. The van der Waals surface area contributed by atoms with Gasteiger partial charge in [-0.3, -0.25) is 9.59 Å². The quantitative estimate of drug-likeness (QED) is 0.168. The normalized spacial score (nSPS) is 11.2. The van der Waals surface area contributed by atoms with Crippen molar-refractivity contribution in [1.82, 2.24) is 15.2 Å². The number of nitrogens with one attached hydrogen (secondary N) is 1. The lowest BCUT2D eigenvalue weighted by atomic mass is 10.0. The zero-order valence-corrected chi connectivity index (χ0v) is 25.2. The first kappa shape index (κ1) is 35.3. The van der Waals surface area contributed by atoms with Crippen LogP contribution in [-0.2, 0) is 27.5 Å². The molecule has 0 unspecified atom stereocenters. The minimum absolute atomic E-state index is 0.105. The zero-order chi connectivity index (χ0) is 33.3. The van der Waals surface area contributed by atoms with Gasteiger partial charge in [0.2, 0.25) is 0 Å². The Balaban J connectivity index is 0.000000707. The van der Waals surface area contributed by atoms with Crippen molar-refractivity contribution in [3.05, 3.63) is 69.0 Å². The van der Waals surface area contributed by atoms with Gasteiger partial charge < -0.3 is 29.9 Å². The summed E-state index contributed by atoms with van der Waals surface area (Å²) in [5.74, 6) is -5.59. The molecule has 0 spiro atoms. The first-order chi connectivity index (χ1) is 21.2. The summed E-state index contributed by atoms with van der Waals surface area (Å²) in [6.07, 6.45) is -5.08.